The van der Waals surface area contributed by atoms with Crippen molar-refractivity contribution in [1.82, 2.24) is 0 Å². The lowest BCUT2D eigenvalue weighted by molar-refractivity contribution is 0.679. The van der Waals surface area contributed by atoms with Crippen molar-refractivity contribution in [3.63, 3.8) is 0 Å². The number of hydrogen-bond donors (Lipinski definition) is 2. The molecule has 0 aliphatic rings. The Balaban J connectivity index is 4.61. The van der Waals surface area contributed by atoms with Crippen LogP contribution in [0.4, 0.5) is 0 Å². The standard InChI is InChI=1S/C19H32N2/c1-6-10-17(7-2)18(8-3)12-9-11-15(4)13-14-19(21)16(5)20/h9,11-12,18H,2,6,8,10,13-14,20-21H2,1,3-5H3/b12-9+,15-11-,19-16-. The van der Waals surface area contributed by atoms with Gasteiger partial charge >= 0.3 is 0 Å². The molecule has 0 fully saturated rings. The van der Waals surface area contributed by atoms with E-state index < -0.39 is 0 Å². The molecule has 0 aromatic heterocycles. The van der Waals surface area contributed by atoms with E-state index in [0.29, 0.717) is 5.92 Å². The van der Waals surface area contributed by atoms with Crippen LogP contribution in [0, 0.1) is 5.92 Å². The Morgan fingerprint density at radius 1 is 1.14 bits per heavy atom. The molecule has 0 saturated carbocycles. The molecule has 1 atom stereocenters. The second-order valence-corrected chi connectivity index (χ2v) is 5.57. The maximum absolute atomic E-state index is 5.85. The molecule has 2 heteroatoms. The van der Waals surface area contributed by atoms with E-state index in [1.54, 1.807) is 0 Å². The summed E-state index contributed by atoms with van der Waals surface area (Å²) < 4.78 is 0. The topological polar surface area (TPSA) is 52.0 Å². The van der Waals surface area contributed by atoms with Crippen LogP contribution in [0.5, 0.6) is 0 Å². The van der Waals surface area contributed by atoms with Crippen LogP contribution in [0.1, 0.15) is 59.8 Å². The predicted octanol–water partition coefficient (Wildman–Crippen LogP) is 4.96. The molecule has 2 nitrogen and oxygen atoms in total. The summed E-state index contributed by atoms with van der Waals surface area (Å²) in [6, 6.07) is 0. The van der Waals surface area contributed by atoms with Gasteiger partial charge in [0.25, 0.3) is 0 Å². The fourth-order valence-corrected chi connectivity index (χ4v) is 2.14. The van der Waals surface area contributed by atoms with Crippen LogP contribution in [0.25, 0.3) is 0 Å². The van der Waals surface area contributed by atoms with Gasteiger partial charge in [0, 0.05) is 17.3 Å². The van der Waals surface area contributed by atoms with Crippen LogP contribution in [-0.2, 0) is 0 Å². The normalized spacial score (nSPS) is 14.8. The summed E-state index contributed by atoms with van der Waals surface area (Å²) >= 11 is 0. The minimum atomic E-state index is 0.447. The first-order valence-corrected chi connectivity index (χ1v) is 7.89. The van der Waals surface area contributed by atoms with Crippen molar-refractivity contribution in [2.75, 3.05) is 0 Å². The highest BCUT2D eigenvalue weighted by molar-refractivity contribution is 5.18. The highest BCUT2D eigenvalue weighted by Crippen LogP contribution is 2.20. The first kappa shape index (κ1) is 19.3. The van der Waals surface area contributed by atoms with E-state index in [1.807, 2.05) is 6.92 Å². The third-order valence-corrected chi connectivity index (χ3v) is 3.65. The average Bonchev–Trinajstić information content (AvgIpc) is 2.47. The SMILES string of the molecule is C=C=C(CCC)C(/C=C/C=C(/C)CC/C(N)=C(\C)N)CC. The summed E-state index contributed by atoms with van der Waals surface area (Å²) in [5.41, 5.74) is 18.8. The maximum Gasteiger partial charge on any atom is 0.0271 e. The summed E-state index contributed by atoms with van der Waals surface area (Å²) in [5.74, 6) is 0.447. The second kappa shape index (κ2) is 11.0. The van der Waals surface area contributed by atoms with Crippen molar-refractivity contribution in [1.29, 1.82) is 0 Å². The summed E-state index contributed by atoms with van der Waals surface area (Å²) in [5, 5.41) is 0. The lowest BCUT2D eigenvalue weighted by Crippen LogP contribution is -2.06. The molecule has 0 heterocycles. The molecule has 21 heavy (non-hydrogen) atoms. The molecule has 0 radical (unpaired) electrons. The predicted molar refractivity (Wildman–Crippen MR) is 94.5 cm³/mol. The summed E-state index contributed by atoms with van der Waals surface area (Å²) in [7, 11) is 0. The van der Waals surface area contributed by atoms with Crippen LogP contribution in [0.15, 0.2) is 53.1 Å². The van der Waals surface area contributed by atoms with Crippen molar-refractivity contribution in [3.05, 3.63) is 53.1 Å². The van der Waals surface area contributed by atoms with Gasteiger partial charge < -0.3 is 11.5 Å². The van der Waals surface area contributed by atoms with Crippen LogP contribution in [-0.4, -0.2) is 0 Å². The Kier molecular flexibility index (Phi) is 10.2. The summed E-state index contributed by atoms with van der Waals surface area (Å²) in [6.07, 6.45) is 11.6. The summed E-state index contributed by atoms with van der Waals surface area (Å²) in [4.78, 5) is 0. The van der Waals surface area contributed by atoms with Crippen molar-refractivity contribution >= 4 is 0 Å². The summed E-state index contributed by atoms with van der Waals surface area (Å²) in [6.45, 7) is 12.2. The quantitative estimate of drug-likeness (QED) is 0.465. The molecule has 0 amide bonds. The van der Waals surface area contributed by atoms with E-state index in [2.05, 4.69) is 51.3 Å². The largest absolute Gasteiger partial charge is 0.401 e. The van der Waals surface area contributed by atoms with E-state index in [4.69, 9.17) is 11.5 Å². The third-order valence-electron chi connectivity index (χ3n) is 3.65. The van der Waals surface area contributed by atoms with E-state index in [9.17, 15) is 0 Å². The highest BCUT2D eigenvalue weighted by atomic mass is 14.7. The Hall–Kier alpha value is -1.66. The molecule has 0 aliphatic carbocycles. The monoisotopic (exact) mass is 288 g/mol. The Bertz CT molecular complexity index is 442. The van der Waals surface area contributed by atoms with Crippen LogP contribution in [0.3, 0.4) is 0 Å². The molecule has 0 aromatic carbocycles. The zero-order chi connectivity index (χ0) is 16.3. The van der Waals surface area contributed by atoms with E-state index >= 15 is 0 Å². The molecule has 1 unspecified atom stereocenters. The van der Waals surface area contributed by atoms with E-state index in [-0.39, 0.29) is 0 Å². The zero-order valence-corrected chi connectivity index (χ0v) is 14.2. The average molecular weight is 288 g/mol. The van der Waals surface area contributed by atoms with Crippen LogP contribution < -0.4 is 11.5 Å². The third kappa shape index (κ3) is 8.27. The van der Waals surface area contributed by atoms with Gasteiger partial charge in [0.05, 0.1) is 0 Å². The zero-order valence-electron chi connectivity index (χ0n) is 14.2. The van der Waals surface area contributed by atoms with E-state index in [0.717, 1.165) is 43.5 Å². The lowest BCUT2D eigenvalue weighted by Gasteiger charge is -2.12. The number of nitrogens with two attached hydrogens (primary N) is 2. The van der Waals surface area contributed by atoms with Gasteiger partial charge in [-0.2, -0.15) is 0 Å². The highest BCUT2D eigenvalue weighted by Gasteiger charge is 2.06. The van der Waals surface area contributed by atoms with Gasteiger partial charge in [0.2, 0.25) is 0 Å². The van der Waals surface area contributed by atoms with Crippen molar-refractivity contribution < 1.29 is 0 Å². The second-order valence-electron chi connectivity index (χ2n) is 5.57. The molecule has 118 valence electrons. The molecule has 0 spiro atoms. The van der Waals surface area contributed by atoms with Gasteiger partial charge in [0.15, 0.2) is 0 Å². The Labute approximate surface area is 131 Å². The molecule has 0 aliphatic heterocycles. The number of allylic oxidation sites excluding steroid dienone is 7. The first-order valence-electron chi connectivity index (χ1n) is 7.89. The fraction of sp³-hybridized carbons (Fsp3) is 0.526. The molecule has 0 aromatic rings. The van der Waals surface area contributed by atoms with Crippen LogP contribution in [0.2, 0.25) is 0 Å². The molecule has 4 N–H and O–H groups in total. The Morgan fingerprint density at radius 2 is 1.81 bits per heavy atom. The van der Waals surface area contributed by atoms with Crippen molar-refractivity contribution in [3.8, 4) is 0 Å². The molecule has 0 rings (SSSR count). The van der Waals surface area contributed by atoms with Gasteiger partial charge in [-0.3, -0.25) is 0 Å². The maximum atomic E-state index is 5.85. The number of rotatable bonds is 9. The van der Waals surface area contributed by atoms with Gasteiger partial charge in [-0.15, -0.1) is 5.73 Å². The van der Waals surface area contributed by atoms with Gasteiger partial charge in [-0.05, 0) is 45.1 Å². The Morgan fingerprint density at radius 3 is 2.29 bits per heavy atom. The molecular formula is C19H32N2. The van der Waals surface area contributed by atoms with E-state index in [1.165, 1.54) is 11.1 Å². The van der Waals surface area contributed by atoms with Gasteiger partial charge in [0.1, 0.15) is 0 Å². The molecule has 0 bridgehead atoms. The smallest absolute Gasteiger partial charge is 0.0271 e. The van der Waals surface area contributed by atoms with Gasteiger partial charge in [-0.25, -0.2) is 0 Å². The molecular weight excluding hydrogens is 256 g/mol. The van der Waals surface area contributed by atoms with Crippen molar-refractivity contribution in [2.24, 2.45) is 17.4 Å². The van der Waals surface area contributed by atoms with Crippen molar-refractivity contribution in [2.45, 2.75) is 59.8 Å². The molecule has 0 saturated heterocycles. The minimum Gasteiger partial charge on any atom is -0.401 e. The number of hydrogen-bond acceptors (Lipinski definition) is 2. The first-order chi connectivity index (χ1) is 9.96. The lowest BCUT2D eigenvalue weighted by atomic mass is 9.93. The van der Waals surface area contributed by atoms with Crippen LogP contribution >= 0.6 is 0 Å². The fourth-order valence-electron chi connectivity index (χ4n) is 2.14. The van der Waals surface area contributed by atoms with Gasteiger partial charge in [-0.1, -0.05) is 50.6 Å². The minimum absolute atomic E-state index is 0.447.